The monoisotopic (exact) mass is 237 g/mol. The fourth-order valence-corrected chi connectivity index (χ4v) is 2.51. The van der Waals surface area contributed by atoms with E-state index >= 15 is 0 Å². The molecule has 2 saturated heterocycles. The van der Waals surface area contributed by atoms with Gasteiger partial charge in [0.1, 0.15) is 0 Å². The van der Waals surface area contributed by atoms with Crippen molar-refractivity contribution in [1.29, 1.82) is 10.8 Å². The Hall–Kier alpha value is -1.26. The Morgan fingerprint density at radius 3 is 1.35 bits per heavy atom. The minimum absolute atomic E-state index is 0.403. The van der Waals surface area contributed by atoms with Gasteiger partial charge in [-0.25, -0.2) is 0 Å². The molecule has 0 aromatic heterocycles. The van der Waals surface area contributed by atoms with Crippen LogP contribution in [-0.2, 0) is 0 Å². The van der Waals surface area contributed by atoms with Crippen LogP contribution in [0.25, 0.3) is 0 Å². The SMILES string of the molecule is N=C(NC(=N)N1CCCCC1)N1CCCCC1. The second kappa shape index (κ2) is 5.89. The van der Waals surface area contributed by atoms with Crippen molar-refractivity contribution < 1.29 is 0 Å². The molecule has 0 bridgehead atoms. The van der Waals surface area contributed by atoms with Crippen molar-refractivity contribution in [1.82, 2.24) is 15.1 Å². The number of nitrogens with one attached hydrogen (secondary N) is 3. The molecule has 5 heteroatoms. The summed E-state index contributed by atoms with van der Waals surface area (Å²) in [5.74, 6) is 0.806. The predicted molar refractivity (Wildman–Crippen MR) is 69.4 cm³/mol. The van der Waals surface area contributed by atoms with Crippen LogP contribution in [-0.4, -0.2) is 47.9 Å². The third-order valence-corrected chi connectivity index (χ3v) is 3.58. The van der Waals surface area contributed by atoms with Gasteiger partial charge in [-0.05, 0) is 38.5 Å². The fraction of sp³-hybridized carbons (Fsp3) is 0.833. The van der Waals surface area contributed by atoms with E-state index in [4.69, 9.17) is 10.8 Å². The summed E-state index contributed by atoms with van der Waals surface area (Å²) >= 11 is 0. The molecule has 3 N–H and O–H groups in total. The zero-order chi connectivity index (χ0) is 12.1. The summed E-state index contributed by atoms with van der Waals surface area (Å²) in [5.41, 5.74) is 0. The first kappa shape index (κ1) is 12.2. The normalized spacial score (nSPS) is 21.2. The van der Waals surface area contributed by atoms with Gasteiger partial charge in [-0.2, -0.15) is 0 Å². The number of hydrogen-bond acceptors (Lipinski definition) is 2. The zero-order valence-electron chi connectivity index (χ0n) is 10.5. The molecule has 0 aromatic carbocycles. The molecule has 0 aromatic rings. The number of nitrogens with zero attached hydrogens (tertiary/aromatic N) is 2. The molecule has 0 amide bonds. The number of likely N-dealkylation sites (tertiary alicyclic amines) is 2. The van der Waals surface area contributed by atoms with Gasteiger partial charge in [-0.1, -0.05) is 0 Å². The summed E-state index contributed by atoms with van der Waals surface area (Å²) in [6, 6.07) is 0. The Morgan fingerprint density at radius 1 is 0.647 bits per heavy atom. The zero-order valence-corrected chi connectivity index (χ0v) is 10.5. The van der Waals surface area contributed by atoms with Gasteiger partial charge in [0.15, 0.2) is 11.9 Å². The molecule has 0 radical (unpaired) electrons. The topological polar surface area (TPSA) is 66.2 Å². The van der Waals surface area contributed by atoms with Crippen molar-refractivity contribution in [3.63, 3.8) is 0 Å². The van der Waals surface area contributed by atoms with Crippen LogP contribution in [0.2, 0.25) is 0 Å². The lowest BCUT2D eigenvalue weighted by Crippen LogP contribution is -2.51. The highest BCUT2D eigenvalue weighted by Gasteiger charge is 2.18. The van der Waals surface area contributed by atoms with Crippen LogP contribution < -0.4 is 5.32 Å². The summed E-state index contributed by atoms with van der Waals surface area (Å²) in [6.07, 6.45) is 7.21. The predicted octanol–water partition coefficient (Wildman–Crippen LogP) is 1.42. The molecule has 0 atom stereocenters. The molecule has 5 nitrogen and oxygen atoms in total. The van der Waals surface area contributed by atoms with E-state index in [1.807, 2.05) is 9.80 Å². The van der Waals surface area contributed by atoms with Crippen molar-refractivity contribution in [2.24, 2.45) is 0 Å². The lowest BCUT2D eigenvalue weighted by Gasteiger charge is -2.33. The Labute approximate surface area is 103 Å². The molecule has 2 rings (SSSR count). The highest BCUT2D eigenvalue weighted by molar-refractivity contribution is 5.95. The molecule has 0 aliphatic carbocycles. The van der Waals surface area contributed by atoms with E-state index in [1.165, 1.54) is 38.5 Å². The van der Waals surface area contributed by atoms with Gasteiger partial charge in [0, 0.05) is 26.2 Å². The number of hydrogen-bond donors (Lipinski definition) is 3. The molecule has 0 saturated carbocycles. The van der Waals surface area contributed by atoms with Gasteiger partial charge in [0.2, 0.25) is 0 Å². The van der Waals surface area contributed by atoms with Crippen LogP contribution in [0.3, 0.4) is 0 Å². The maximum absolute atomic E-state index is 7.98. The second-order valence-electron chi connectivity index (χ2n) is 4.92. The molecule has 2 aliphatic rings. The third-order valence-electron chi connectivity index (χ3n) is 3.58. The summed E-state index contributed by atoms with van der Waals surface area (Å²) in [5, 5.41) is 18.9. The van der Waals surface area contributed by atoms with Crippen LogP contribution in [0, 0.1) is 10.8 Å². The van der Waals surface area contributed by atoms with Crippen molar-refractivity contribution in [2.45, 2.75) is 38.5 Å². The van der Waals surface area contributed by atoms with E-state index in [0.29, 0.717) is 11.9 Å². The van der Waals surface area contributed by atoms with E-state index in [0.717, 1.165) is 26.2 Å². The Morgan fingerprint density at radius 2 is 1.00 bits per heavy atom. The van der Waals surface area contributed by atoms with Crippen molar-refractivity contribution in [3.8, 4) is 0 Å². The molecule has 2 heterocycles. The molecular formula is C12H23N5. The quantitative estimate of drug-likeness (QED) is 0.441. The fourth-order valence-electron chi connectivity index (χ4n) is 2.51. The third kappa shape index (κ3) is 3.35. The van der Waals surface area contributed by atoms with E-state index in [2.05, 4.69) is 5.32 Å². The molecule has 0 spiro atoms. The second-order valence-corrected chi connectivity index (χ2v) is 4.92. The number of rotatable bonds is 0. The van der Waals surface area contributed by atoms with Gasteiger partial charge in [0.05, 0.1) is 0 Å². The van der Waals surface area contributed by atoms with Gasteiger partial charge < -0.3 is 9.80 Å². The minimum atomic E-state index is 0.403. The van der Waals surface area contributed by atoms with Crippen molar-refractivity contribution in [2.75, 3.05) is 26.2 Å². The first-order valence-corrected chi connectivity index (χ1v) is 6.71. The smallest absolute Gasteiger partial charge is 0.197 e. The van der Waals surface area contributed by atoms with E-state index in [1.54, 1.807) is 0 Å². The standard InChI is InChI=1S/C12H23N5/c13-11(16-7-3-1-4-8-16)15-12(14)17-9-5-2-6-10-17/h1-10H2,(H3,13,14,15). The van der Waals surface area contributed by atoms with Crippen LogP contribution >= 0.6 is 0 Å². The average molecular weight is 237 g/mol. The lowest BCUT2D eigenvalue weighted by molar-refractivity contribution is 0.319. The Kier molecular flexibility index (Phi) is 4.23. The maximum Gasteiger partial charge on any atom is 0.197 e. The first-order valence-electron chi connectivity index (χ1n) is 6.71. The Balaban J connectivity index is 1.78. The summed E-state index contributed by atoms with van der Waals surface area (Å²) in [6.45, 7) is 3.83. The molecule has 2 fully saturated rings. The summed E-state index contributed by atoms with van der Waals surface area (Å²) in [7, 11) is 0. The highest BCUT2D eigenvalue weighted by atomic mass is 15.4. The number of piperidine rings is 2. The van der Waals surface area contributed by atoms with Crippen LogP contribution in [0.1, 0.15) is 38.5 Å². The summed E-state index contributed by atoms with van der Waals surface area (Å²) < 4.78 is 0. The van der Waals surface area contributed by atoms with Crippen molar-refractivity contribution >= 4 is 11.9 Å². The van der Waals surface area contributed by atoms with Gasteiger partial charge in [0.25, 0.3) is 0 Å². The van der Waals surface area contributed by atoms with E-state index in [9.17, 15) is 0 Å². The van der Waals surface area contributed by atoms with Crippen molar-refractivity contribution in [3.05, 3.63) is 0 Å². The lowest BCUT2D eigenvalue weighted by atomic mass is 10.1. The average Bonchev–Trinajstić information content (AvgIpc) is 2.40. The van der Waals surface area contributed by atoms with Gasteiger partial charge in [-0.3, -0.25) is 16.1 Å². The molecule has 96 valence electrons. The Bertz CT molecular complexity index is 249. The van der Waals surface area contributed by atoms with E-state index < -0.39 is 0 Å². The molecule has 0 unspecified atom stereocenters. The highest BCUT2D eigenvalue weighted by Crippen LogP contribution is 2.10. The largest absolute Gasteiger partial charge is 0.343 e. The molecular weight excluding hydrogens is 214 g/mol. The van der Waals surface area contributed by atoms with Crippen LogP contribution in [0.4, 0.5) is 0 Å². The van der Waals surface area contributed by atoms with Gasteiger partial charge >= 0.3 is 0 Å². The number of guanidine groups is 2. The van der Waals surface area contributed by atoms with E-state index in [-0.39, 0.29) is 0 Å². The van der Waals surface area contributed by atoms with Gasteiger partial charge in [-0.15, -0.1) is 0 Å². The molecule has 17 heavy (non-hydrogen) atoms. The van der Waals surface area contributed by atoms with Crippen LogP contribution in [0.5, 0.6) is 0 Å². The van der Waals surface area contributed by atoms with Crippen LogP contribution in [0.15, 0.2) is 0 Å². The maximum atomic E-state index is 7.98. The summed E-state index contributed by atoms with van der Waals surface area (Å²) in [4.78, 5) is 4.09. The first-order chi connectivity index (χ1) is 8.27. The minimum Gasteiger partial charge on any atom is -0.343 e. The molecule has 2 aliphatic heterocycles.